The lowest BCUT2D eigenvalue weighted by Gasteiger charge is -2.10. The predicted octanol–water partition coefficient (Wildman–Crippen LogP) is 1.97. The van der Waals surface area contributed by atoms with Gasteiger partial charge in [-0.2, -0.15) is 0 Å². The molecule has 0 aromatic heterocycles. The predicted molar refractivity (Wildman–Crippen MR) is 67.5 cm³/mol. The molecule has 0 saturated heterocycles. The number of ether oxygens (including phenoxy) is 1. The van der Waals surface area contributed by atoms with Gasteiger partial charge in [0.25, 0.3) is 0 Å². The van der Waals surface area contributed by atoms with E-state index in [2.05, 4.69) is 16.0 Å². The fourth-order valence-corrected chi connectivity index (χ4v) is 1.42. The van der Waals surface area contributed by atoms with Crippen LogP contribution in [0.2, 0.25) is 0 Å². The van der Waals surface area contributed by atoms with Crippen molar-refractivity contribution in [1.29, 1.82) is 0 Å². The molecule has 1 rings (SSSR count). The number of terminal acetylenes is 1. The van der Waals surface area contributed by atoms with E-state index < -0.39 is 0 Å². The number of rotatable bonds is 5. The van der Waals surface area contributed by atoms with Crippen molar-refractivity contribution in [2.45, 2.75) is 25.9 Å². The van der Waals surface area contributed by atoms with Crippen LogP contribution in [0.1, 0.15) is 29.3 Å². The van der Waals surface area contributed by atoms with E-state index in [4.69, 9.17) is 6.42 Å². The highest BCUT2D eigenvalue weighted by Crippen LogP contribution is 2.06. The van der Waals surface area contributed by atoms with Crippen molar-refractivity contribution in [1.82, 2.24) is 5.32 Å². The lowest BCUT2D eigenvalue weighted by Crippen LogP contribution is -2.24. The van der Waals surface area contributed by atoms with Crippen molar-refractivity contribution >= 4 is 5.97 Å². The van der Waals surface area contributed by atoms with Crippen LogP contribution in [0.15, 0.2) is 24.3 Å². The van der Waals surface area contributed by atoms with Crippen LogP contribution >= 0.6 is 0 Å². The van der Waals surface area contributed by atoms with E-state index in [0.717, 1.165) is 12.1 Å². The van der Waals surface area contributed by atoms with Gasteiger partial charge in [-0.15, -0.1) is 12.3 Å². The molecule has 0 heterocycles. The van der Waals surface area contributed by atoms with E-state index in [0.29, 0.717) is 18.0 Å². The average molecular weight is 231 g/mol. The zero-order valence-corrected chi connectivity index (χ0v) is 10.2. The molecule has 0 aliphatic heterocycles. The molecule has 0 radical (unpaired) electrons. The molecule has 0 fully saturated rings. The van der Waals surface area contributed by atoms with Gasteiger partial charge in [0.05, 0.1) is 12.7 Å². The van der Waals surface area contributed by atoms with Gasteiger partial charge in [0.2, 0.25) is 0 Å². The maximum atomic E-state index is 11.2. The summed E-state index contributed by atoms with van der Waals surface area (Å²) in [6.45, 7) is 2.78. The van der Waals surface area contributed by atoms with Crippen LogP contribution in [0.3, 0.4) is 0 Å². The van der Waals surface area contributed by atoms with Crippen molar-refractivity contribution < 1.29 is 9.53 Å². The van der Waals surface area contributed by atoms with Crippen molar-refractivity contribution in [3.8, 4) is 12.3 Å². The molecule has 90 valence electrons. The second-order valence-electron chi connectivity index (χ2n) is 3.88. The van der Waals surface area contributed by atoms with Gasteiger partial charge < -0.3 is 10.1 Å². The number of carbonyl (C=O) groups excluding carboxylic acids is 1. The highest BCUT2D eigenvalue weighted by Gasteiger charge is 2.04. The molecule has 0 saturated carbocycles. The number of esters is 1. The highest BCUT2D eigenvalue weighted by atomic mass is 16.5. The number of benzene rings is 1. The lowest BCUT2D eigenvalue weighted by molar-refractivity contribution is 0.0600. The van der Waals surface area contributed by atoms with Crippen molar-refractivity contribution in [2.24, 2.45) is 0 Å². The molecule has 0 aliphatic carbocycles. The lowest BCUT2D eigenvalue weighted by atomic mass is 10.1. The largest absolute Gasteiger partial charge is 0.465 e. The molecule has 0 spiro atoms. The number of nitrogens with one attached hydrogen (secondary N) is 1. The Bertz CT molecular complexity index is 403. The Balaban J connectivity index is 2.51. The molecule has 3 heteroatoms. The first-order chi connectivity index (χ1) is 8.17. The average Bonchev–Trinajstić information content (AvgIpc) is 2.36. The summed E-state index contributed by atoms with van der Waals surface area (Å²) >= 11 is 0. The highest BCUT2D eigenvalue weighted by molar-refractivity contribution is 5.89. The Morgan fingerprint density at radius 3 is 2.65 bits per heavy atom. The number of hydrogen-bond donors (Lipinski definition) is 1. The van der Waals surface area contributed by atoms with E-state index in [1.165, 1.54) is 7.11 Å². The Hall–Kier alpha value is -1.79. The smallest absolute Gasteiger partial charge is 0.337 e. The first-order valence-electron chi connectivity index (χ1n) is 5.51. The molecule has 0 aliphatic rings. The second-order valence-corrected chi connectivity index (χ2v) is 3.88. The maximum Gasteiger partial charge on any atom is 0.337 e. The molecule has 1 aromatic rings. The summed E-state index contributed by atoms with van der Waals surface area (Å²) in [4.78, 5) is 11.2. The third kappa shape index (κ3) is 4.29. The first-order valence-corrected chi connectivity index (χ1v) is 5.51. The Kier molecular flexibility index (Phi) is 5.25. The van der Waals surface area contributed by atoms with Crippen LogP contribution in [0.4, 0.5) is 0 Å². The van der Waals surface area contributed by atoms with Crippen LogP contribution in [0.5, 0.6) is 0 Å². The summed E-state index contributed by atoms with van der Waals surface area (Å²) < 4.78 is 4.63. The molecule has 3 nitrogen and oxygen atoms in total. The third-order valence-electron chi connectivity index (χ3n) is 2.45. The normalized spacial score (nSPS) is 11.6. The van der Waals surface area contributed by atoms with Gasteiger partial charge in [0, 0.05) is 19.0 Å². The van der Waals surface area contributed by atoms with E-state index >= 15 is 0 Å². The van der Waals surface area contributed by atoms with Crippen molar-refractivity contribution in [3.05, 3.63) is 35.4 Å². The van der Waals surface area contributed by atoms with Gasteiger partial charge in [-0.05, 0) is 24.6 Å². The molecule has 0 amide bonds. The summed E-state index contributed by atoms with van der Waals surface area (Å²) in [7, 11) is 1.37. The first kappa shape index (κ1) is 13.3. The van der Waals surface area contributed by atoms with Crippen LogP contribution in [-0.4, -0.2) is 19.1 Å². The number of carbonyl (C=O) groups is 1. The zero-order valence-electron chi connectivity index (χ0n) is 10.2. The fourth-order valence-electron chi connectivity index (χ4n) is 1.42. The third-order valence-corrected chi connectivity index (χ3v) is 2.45. The van der Waals surface area contributed by atoms with Gasteiger partial charge in [0.15, 0.2) is 0 Å². The van der Waals surface area contributed by atoms with Gasteiger partial charge in [0.1, 0.15) is 0 Å². The van der Waals surface area contributed by atoms with Crippen LogP contribution < -0.4 is 5.32 Å². The van der Waals surface area contributed by atoms with Crippen molar-refractivity contribution in [2.75, 3.05) is 7.11 Å². The summed E-state index contributed by atoms with van der Waals surface area (Å²) in [6.07, 6.45) is 5.93. The summed E-state index contributed by atoms with van der Waals surface area (Å²) in [6, 6.07) is 7.62. The quantitative estimate of drug-likeness (QED) is 0.622. The fraction of sp³-hybridized carbons (Fsp3) is 0.357. The SMILES string of the molecule is C#CCC(C)NCc1ccc(C(=O)OC)cc1. The molecule has 1 N–H and O–H groups in total. The summed E-state index contributed by atoms with van der Waals surface area (Å²) in [5.74, 6) is 2.30. The monoisotopic (exact) mass is 231 g/mol. The van der Waals surface area contributed by atoms with Crippen LogP contribution in [-0.2, 0) is 11.3 Å². The van der Waals surface area contributed by atoms with Gasteiger partial charge in [-0.1, -0.05) is 12.1 Å². The van der Waals surface area contributed by atoms with E-state index in [9.17, 15) is 4.79 Å². The molecular weight excluding hydrogens is 214 g/mol. The van der Waals surface area contributed by atoms with Gasteiger partial charge in [-0.25, -0.2) is 4.79 Å². The van der Waals surface area contributed by atoms with Gasteiger partial charge in [-0.3, -0.25) is 0 Å². The maximum absolute atomic E-state index is 11.2. The van der Waals surface area contributed by atoms with E-state index in [-0.39, 0.29) is 5.97 Å². The Morgan fingerprint density at radius 1 is 1.47 bits per heavy atom. The van der Waals surface area contributed by atoms with Crippen LogP contribution in [0, 0.1) is 12.3 Å². The standard InChI is InChI=1S/C14H17NO2/c1-4-5-11(2)15-10-12-6-8-13(9-7-12)14(16)17-3/h1,6-9,11,15H,5,10H2,2-3H3. The minimum Gasteiger partial charge on any atom is -0.465 e. The molecule has 1 unspecified atom stereocenters. The topological polar surface area (TPSA) is 38.3 Å². The minimum atomic E-state index is -0.315. The van der Waals surface area contributed by atoms with E-state index in [1.807, 2.05) is 19.1 Å². The molecule has 17 heavy (non-hydrogen) atoms. The molecule has 1 atom stereocenters. The van der Waals surface area contributed by atoms with Crippen molar-refractivity contribution in [3.63, 3.8) is 0 Å². The number of hydrogen-bond acceptors (Lipinski definition) is 3. The van der Waals surface area contributed by atoms with E-state index in [1.54, 1.807) is 12.1 Å². The van der Waals surface area contributed by atoms with Crippen LogP contribution in [0.25, 0.3) is 0 Å². The zero-order chi connectivity index (χ0) is 12.7. The number of methoxy groups -OCH3 is 1. The summed E-state index contributed by atoms with van der Waals surface area (Å²) in [5, 5.41) is 3.30. The Labute approximate surface area is 102 Å². The summed E-state index contributed by atoms with van der Waals surface area (Å²) in [5.41, 5.74) is 1.68. The van der Waals surface area contributed by atoms with Gasteiger partial charge >= 0.3 is 5.97 Å². The minimum absolute atomic E-state index is 0.292. The molecular formula is C14H17NO2. The molecule has 0 bridgehead atoms. The second kappa shape index (κ2) is 6.72. The molecule has 1 aromatic carbocycles. The Morgan fingerprint density at radius 2 is 2.12 bits per heavy atom.